The minimum Gasteiger partial charge on any atom is -0.457 e. The van der Waals surface area contributed by atoms with Crippen LogP contribution in [0.4, 0.5) is 4.39 Å². The van der Waals surface area contributed by atoms with E-state index >= 15 is 4.39 Å². The summed E-state index contributed by atoms with van der Waals surface area (Å²) in [6, 6.07) is 0. The van der Waals surface area contributed by atoms with Crippen LogP contribution in [0, 0.1) is 5.92 Å². The Bertz CT molecular complexity index is 406. The lowest BCUT2D eigenvalue weighted by Crippen LogP contribution is -2.49. The van der Waals surface area contributed by atoms with Crippen LogP contribution in [0.3, 0.4) is 0 Å². The summed E-state index contributed by atoms with van der Waals surface area (Å²) in [7, 11) is 0. The van der Waals surface area contributed by atoms with Crippen molar-refractivity contribution in [2.45, 2.75) is 65.2 Å². The molecule has 0 radical (unpaired) electrons. The van der Waals surface area contributed by atoms with Gasteiger partial charge >= 0.3 is 5.97 Å². The van der Waals surface area contributed by atoms with Gasteiger partial charge in [0.05, 0.1) is 0 Å². The van der Waals surface area contributed by atoms with E-state index in [9.17, 15) is 9.59 Å². The summed E-state index contributed by atoms with van der Waals surface area (Å²) in [5.74, 6) is -1.61. The van der Waals surface area contributed by atoms with Crippen molar-refractivity contribution in [2.24, 2.45) is 5.92 Å². The van der Waals surface area contributed by atoms with Gasteiger partial charge in [-0.1, -0.05) is 13.3 Å². The average Bonchev–Trinajstić information content (AvgIpc) is 2.23. The molecule has 3 nitrogen and oxygen atoms in total. The highest BCUT2D eigenvalue weighted by Crippen LogP contribution is 2.41. The van der Waals surface area contributed by atoms with Crippen LogP contribution in [0.1, 0.15) is 53.9 Å². The zero-order valence-electron chi connectivity index (χ0n) is 12.4. The van der Waals surface area contributed by atoms with Crippen molar-refractivity contribution in [2.75, 3.05) is 0 Å². The first kappa shape index (κ1) is 15.9. The summed E-state index contributed by atoms with van der Waals surface area (Å²) < 4.78 is 20.4. The Hall–Kier alpha value is -1.19. The maximum Gasteiger partial charge on any atom is 0.349 e. The summed E-state index contributed by atoms with van der Waals surface area (Å²) >= 11 is 0. The molecular weight excluding hydrogens is 247 g/mol. The Morgan fingerprint density at radius 1 is 1.53 bits per heavy atom. The highest BCUT2D eigenvalue weighted by molar-refractivity contribution is 5.97. The standard InChI is InChI=1S/C15H23FO3/c1-6-7-11-9-12(17)8-10(2)15(11,16)13(18)19-14(3,4)5/h8,11H,6-7,9H2,1-5H3/t11-,15-/m1/s1. The van der Waals surface area contributed by atoms with Gasteiger partial charge in [0.1, 0.15) is 5.60 Å². The fourth-order valence-electron chi connectivity index (χ4n) is 2.44. The summed E-state index contributed by atoms with van der Waals surface area (Å²) in [4.78, 5) is 23.7. The van der Waals surface area contributed by atoms with Gasteiger partial charge < -0.3 is 4.74 Å². The number of hydrogen-bond acceptors (Lipinski definition) is 3. The largest absolute Gasteiger partial charge is 0.457 e. The highest BCUT2D eigenvalue weighted by atomic mass is 19.1. The lowest BCUT2D eigenvalue weighted by atomic mass is 9.73. The molecule has 0 heterocycles. The number of ether oxygens (including phenoxy) is 1. The van der Waals surface area contributed by atoms with Gasteiger partial charge in [-0.2, -0.15) is 0 Å². The van der Waals surface area contributed by atoms with Gasteiger partial charge in [0.15, 0.2) is 5.78 Å². The van der Waals surface area contributed by atoms with Gasteiger partial charge in [-0.3, -0.25) is 4.79 Å². The van der Waals surface area contributed by atoms with E-state index in [1.807, 2.05) is 6.92 Å². The summed E-state index contributed by atoms with van der Waals surface area (Å²) in [5, 5.41) is 0. The summed E-state index contributed by atoms with van der Waals surface area (Å²) in [6.07, 6.45) is 2.52. The van der Waals surface area contributed by atoms with Crippen molar-refractivity contribution in [3.05, 3.63) is 11.6 Å². The Morgan fingerprint density at radius 2 is 2.11 bits per heavy atom. The topological polar surface area (TPSA) is 43.4 Å². The Kier molecular flexibility index (Phi) is 4.54. The van der Waals surface area contributed by atoms with E-state index in [-0.39, 0.29) is 17.8 Å². The van der Waals surface area contributed by atoms with Crippen LogP contribution < -0.4 is 0 Å². The van der Waals surface area contributed by atoms with Gasteiger partial charge in [-0.05, 0) is 45.8 Å². The monoisotopic (exact) mass is 270 g/mol. The van der Waals surface area contributed by atoms with Crippen molar-refractivity contribution in [3.8, 4) is 0 Å². The minimum atomic E-state index is -2.17. The van der Waals surface area contributed by atoms with Gasteiger partial charge in [-0.25, -0.2) is 9.18 Å². The van der Waals surface area contributed by atoms with Crippen molar-refractivity contribution < 1.29 is 18.7 Å². The minimum absolute atomic E-state index is 0.0704. The third kappa shape index (κ3) is 3.43. The number of alkyl halides is 1. The van der Waals surface area contributed by atoms with E-state index in [2.05, 4.69) is 0 Å². The van der Waals surface area contributed by atoms with Crippen molar-refractivity contribution in [1.29, 1.82) is 0 Å². The first-order chi connectivity index (χ1) is 8.61. The number of ketones is 1. The number of carbonyl (C=O) groups is 2. The van der Waals surface area contributed by atoms with Crippen LogP contribution in [0.5, 0.6) is 0 Å². The number of rotatable bonds is 3. The van der Waals surface area contributed by atoms with Gasteiger partial charge in [0.2, 0.25) is 5.67 Å². The first-order valence-electron chi connectivity index (χ1n) is 6.75. The maximum atomic E-state index is 15.2. The van der Waals surface area contributed by atoms with Crippen LogP contribution in [-0.4, -0.2) is 23.0 Å². The SMILES string of the molecule is CCC[C@@H]1CC(=O)C=C(C)[C@]1(F)C(=O)OC(C)(C)C. The molecule has 0 bridgehead atoms. The molecule has 0 unspecified atom stereocenters. The second-order valence-corrected chi connectivity index (χ2v) is 6.20. The van der Waals surface area contributed by atoms with E-state index < -0.39 is 23.2 Å². The molecule has 0 aromatic carbocycles. The predicted octanol–water partition coefficient (Wildman–Crippen LogP) is 3.37. The smallest absolute Gasteiger partial charge is 0.349 e. The molecule has 0 amide bonds. The fraction of sp³-hybridized carbons (Fsp3) is 0.733. The third-order valence-corrected chi connectivity index (χ3v) is 3.29. The van der Waals surface area contributed by atoms with Crippen LogP contribution in [-0.2, 0) is 14.3 Å². The molecule has 0 aromatic rings. The summed E-state index contributed by atoms with van der Waals surface area (Å²) in [5.41, 5.74) is -2.75. The molecule has 0 aromatic heterocycles. The van der Waals surface area contributed by atoms with E-state index in [0.29, 0.717) is 6.42 Å². The van der Waals surface area contributed by atoms with Crippen LogP contribution >= 0.6 is 0 Å². The fourth-order valence-corrected chi connectivity index (χ4v) is 2.44. The van der Waals surface area contributed by atoms with E-state index in [0.717, 1.165) is 6.42 Å². The zero-order chi connectivity index (χ0) is 14.8. The van der Waals surface area contributed by atoms with Crippen molar-refractivity contribution in [1.82, 2.24) is 0 Å². The summed E-state index contributed by atoms with van der Waals surface area (Å²) in [6.45, 7) is 8.51. The van der Waals surface area contributed by atoms with Crippen LogP contribution in [0.25, 0.3) is 0 Å². The molecule has 0 fully saturated rings. The Morgan fingerprint density at radius 3 is 2.58 bits per heavy atom. The van der Waals surface area contributed by atoms with E-state index in [1.54, 1.807) is 20.8 Å². The maximum absolute atomic E-state index is 15.2. The molecule has 4 heteroatoms. The molecule has 0 saturated carbocycles. The predicted molar refractivity (Wildman–Crippen MR) is 71.5 cm³/mol. The lowest BCUT2D eigenvalue weighted by Gasteiger charge is -2.36. The van der Waals surface area contributed by atoms with E-state index in [4.69, 9.17) is 4.74 Å². The molecule has 108 valence electrons. The van der Waals surface area contributed by atoms with Crippen molar-refractivity contribution >= 4 is 11.8 Å². The van der Waals surface area contributed by atoms with Crippen LogP contribution in [0.2, 0.25) is 0 Å². The van der Waals surface area contributed by atoms with Gasteiger partial charge in [0, 0.05) is 12.3 Å². The van der Waals surface area contributed by atoms with Gasteiger partial charge in [0.25, 0.3) is 0 Å². The van der Waals surface area contributed by atoms with E-state index in [1.165, 1.54) is 13.0 Å². The first-order valence-corrected chi connectivity index (χ1v) is 6.75. The quantitative estimate of drug-likeness (QED) is 0.738. The molecule has 0 saturated heterocycles. The van der Waals surface area contributed by atoms with Crippen LogP contribution in [0.15, 0.2) is 11.6 Å². The lowest BCUT2D eigenvalue weighted by molar-refractivity contribution is -0.171. The molecule has 0 aliphatic heterocycles. The Labute approximate surface area is 114 Å². The number of halogens is 1. The highest BCUT2D eigenvalue weighted by Gasteiger charge is 2.52. The van der Waals surface area contributed by atoms with Crippen molar-refractivity contribution in [3.63, 3.8) is 0 Å². The molecule has 0 spiro atoms. The average molecular weight is 270 g/mol. The number of esters is 1. The van der Waals surface area contributed by atoms with Gasteiger partial charge in [-0.15, -0.1) is 0 Å². The molecule has 1 aliphatic carbocycles. The molecule has 2 atom stereocenters. The molecule has 19 heavy (non-hydrogen) atoms. The molecule has 0 N–H and O–H groups in total. The third-order valence-electron chi connectivity index (χ3n) is 3.29. The Balaban J connectivity index is 3.11. The normalized spacial score (nSPS) is 28.0. The number of carbonyl (C=O) groups excluding carboxylic acids is 2. The molecule has 1 aliphatic rings. The second-order valence-electron chi connectivity index (χ2n) is 6.20. The molecular formula is C15H23FO3. The zero-order valence-corrected chi connectivity index (χ0v) is 12.4. The number of allylic oxidation sites excluding steroid dienone is 1. The molecule has 1 rings (SSSR count). The second kappa shape index (κ2) is 5.43. The number of hydrogen-bond donors (Lipinski definition) is 0.